The summed E-state index contributed by atoms with van der Waals surface area (Å²) < 4.78 is 76.2. The Morgan fingerprint density at radius 3 is 2.27 bits per heavy atom. The number of nitrogens with zero attached hydrogens (tertiary/aromatic N) is 1. The van der Waals surface area contributed by atoms with Crippen LogP contribution in [0.25, 0.3) is 0 Å². The highest BCUT2D eigenvalue weighted by atomic mass is 32.2. The maximum Gasteiger partial charge on any atom is 0.407 e. The number of aliphatic hydroxyl groups is 1. The van der Waals surface area contributed by atoms with Gasteiger partial charge in [-0.2, -0.15) is 4.31 Å². The fourth-order valence-corrected chi connectivity index (χ4v) is 8.84. The second-order valence-electron chi connectivity index (χ2n) is 13.6. The molecule has 14 nitrogen and oxygen atoms in total. The van der Waals surface area contributed by atoms with E-state index in [2.05, 4.69) is 5.32 Å². The van der Waals surface area contributed by atoms with Crippen LogP contribution < -0.4 is 10.1 Å². The molecule has 2 aromatic carbocycles. The maximum absolute atomic E-state index is 14.0. The molecule has 0 aliphatic carbocycles. The minimum atomic E-state index is -4.14. The maximum atomic E-state index is 14.0. The van der Waals surface area contributed by atoms with Gasteiger partial charge in [0.15, 0.2) is 12.6 Å². The first-order valence-electron chi connectivity index (χ1n) is 18.1. The molecule has 0 aromatic heterocycles. The van der Waals surface area contributed by atoms with Crippen LogP contribution in [0.15, 0.2) is 53.4 Å². The lowest BCUT2D eigenvalue weighted by atomic mass is 10.0. The molecule has 292 valence electrons. The number of ether oxygens (including phenoxy) is 4. The summed E-state index contributed by atoms with van der Waals surface area (Å²) in [7, 11) is -7.68. The molecule has 2 saturated heterocycles. The lowest BCUT2D eigenvalue weighted by Gasteiger charge is -2.31. The van der Waals surface area contributed by atoms with Crippen LogP contribution in [0.2, 0.25) is 0 Å². The van der Waals surface area contributed by atoms with E-state index in [1.807, 2.05) is 27.7 Å². The molecule has 52 heavy (non-hydrogen) atoms. The summed E-state index contributed by atoms with van der Waals surface area (Å²) >= 11 is 0. The summed E-state index contributed by atoms with van der Waals surface area (Å²) in [4.78, 5) is 13.1. The van der Waals surface area contributed by atoms with E-state index in [1.165, 1.54) is 40.7 Å². The summed E-state index contributed by atoms with van der Waals surface area (Å²) in [6.07, 6.45) is 0.626. The van der Waals surface area contributed by atoms with Gasteiger partial charge in [0.05, 0.1) is 49.4 Å². The van der Waals surface area contributed by atoms with Gasteiger partial charge in [-0.3, -0.25) is 4.57 Å². The van der Waals surface area contributed by atoms with Gasteiger partial charge in [0.2, 0.25) is 10.0 Å². The van der Waals surface area contributed by atoms with E-state index in [9.17, 15) is 28.0 Å². The van der Waals surface area contributed by atoms with Crippen molar-refractivity contribution in [3.63, 3.8) is 0 Å². The normalized spacial score (nSPS) is 20.2. The van der Waals surface area contributed by atoms with Gasteiger partial charge in [0.1, 0.15) is 17.6 Å². The number of sulfonamides is 1. The van der Waals surface area contributed by atoms with E-state index < -0.39 is 48.3 Å². The Balaban J connectivity index is 1.47. The largest absolute Gasteiger partial charge is 0.508 e. The van der Waals surface area contributed by atoms with Gasteiger partial charge in [0.25, 0.3) is 0 Å². The van der Waals surface area contributed by atoms with Crippen LogP contribution in [0.3, 0.4) is 0 Å². The zero-order valence-electron chi connectivity index (χ0n) is 30.6. The van der Waals surface area contributed by atoms with Gasteiger partial charge in [-0.05, 0) is 73.6 Å². The van der Waals surface area contributed by atoms with Crippen molar-refractivity contribution < 1.29 is 56.0 Å². The van der Waals surface area contributed by atoms with Gasteiger partial charge in [0, 0.05) is 13.1 Å². The molecule has 2 aliphatic heterocycles. The number of nitrogens with one attached hydrogen (secondary N) is 1. The molecule has 1 amide bonds. The number of amides is 1. The second-order valence-corrected chi connectivity index (χ2v) is 17.5. The van der Waals surface area contributed by atoms with Crippen LogP contribution in [-0.4, -0.2) is 99.4 Å². The van der Waals surface area contributed by atoms with Crippen molar-refractivity contribution in [1.29, 1.82) is 0 Å². The van der Waals surface area contributed by atoms with Crippen molar-refractivity contribution in [2.45, 2.75) is 95.7 Å². The number of hydrogen-bond acceptors (Lipinski definition) is 12. The SMILES string of the molecule is CCCCOP(=O)(COc1ccc(S(=O)(=O)N(CC(C)C)C[C@@H](O)[C@H](Cc2ccc(O)cc2)NC(=O)OC2CO[C@H]3OCC[C@@H]23)cc1)OCCCC. The molecule has 2 aromatic rings. The highest BCUT2D eigenvalue weighted by Gasteiger charge is 2.44. The van der Waals surface area contributed by atoms with Crippen molar-refractivity contribution >= 4 is 23.7 Å². The fraction of sp³-hybridized carbons (Fsp3) is 0.639. The minimum absolute atomic E-state index is 0.0358. The summed E-state index contributed by atoms with van der Waals surface area (Å²) in [5, 5.41) is 24.1. The lowest BCUT2D eigenvalue weighted by Crippen LogP contribution is -2.51. The number of phenolic OH excluding ortho intramolecular Hbond substituents is 1. The van der Waals surface area contributed by atoms with E-state index in [0.29, 0.717) is 18.6 Å². The molecular formula is C36H55N2O12PS. The molecule has 3 N–H and O–H groups in total. The van der Waals surface area contributed by atoms with Gasteiger partial charge < -0.3 is 43.5 Å². The highest BCUT2D eigenvalue weighted by Crippen LogP contribution is 2.48. The molecule has 2 fully saturated rings. The highest BCUT2D eigenvalue weighted by molar-refractivity contribution is 7.89. The Labute approximate surface area is 307 Å². The van der Waals surface area contributed by atoms with Crippen molar-refractivity contribution in [2.24, 2.45) is 11.8 Å². The summed E-state index contributed by atoms with van der Waals surface area (Å²) in [6, 6.07) is 11.1. The first-order valence-corrected chi connectivity index (χ1v) is 21.3. The van der Waals surface area contributed by atoms with Crippen molar-refractivity contribution in [1.82, 2.24) is 9.62 Å². The molecule has 2 aliphatic rings. The van der Waals surface area contributed by atoms with Crippen molar-refractivity contribution in [3.05, 3.63) is 54.1 Å². The molecule has 16 heteroatoms. The number of rotatable bonds is 22. The fourth-order valence-electron chi connectivity index (χ4n) is 5.87. The number of fused-ring (bicyclic) bond motifs is 1. The Morgan fingerprint density at radius 1 is 1.00 bits per heavy atom. The van der Waals surface area contributed by atoms with Crippen molar-refractivity contribution in [2.75, 3.05) is 45.9 Å². The van der Waals surface area contributed by atoms with Crippen molar-refractivity contribution in [3.8, 4) is 11.5 Å². The first-order chi connectivity index (χ1) is 24.8. The average molecular weight is 771 g/mol. The van der Waals surface area contributed by atoms with Gasteiger partial charge >= 0.3 is 13.7 Å². The molecule has 1 unspecified atom stereocenters. The van der Waals surface area contributed by atoms with E-state index >= 15 is 0 Å². The zero-order valence-corrected chi connectivity index (χ0v) is 32.3. The Hall–Kier alpha value is -2.75. The molecular weight excluding hydrogens is 715 g/mol. The minimum Gasteiger partial charge on any atom is -0.508 e. The van der Waals surface area contributed by atoms with Crippen LogP contribution in [0.1, 0.15) is 65.4 Å². The lowest BCUT2D eigenvalue weighted by molar-refractivity contribution is -0.0907. The van der Waals surface area contributed by atoms with Gasteiger partial charge in [-0.15, -0.1) is 0 Å². The van der Waals surface area contributed by atoms with Gasteiger partial charge in [-0.1, -0.05) is 52.7 Å². The number of carbonyl (C=O) groups excluding carboxylic acids is 1. The average Bonchev–Trinajstić information content (AvgIpc) is 3.73. The van der Waals surface area contributed by atoms with Crippen LogP contribution in [0, 0.1) is 11.8 Å². The Bertz CT molecular complexity index is 1530. The molecule has 0 bridgehead atoms. The number of aliphatic hydroxyl groups excluding tert-OH is 1. The summed E-state index contributed by atoms with van der Waals surface area (Å²) in [6.45, 7) is 8.73. The third-order valence-electron chi connectivity index (χ3n) is 8.79. The number of unbranched alkanes of at least 4 members (excludes halogenated alkanes) is 2. The molecule has 5 atom stereocenters. The molecule has 0 spiro atoms. The number of aromatic hydroxyl groups is 1. The standard InChI is InChI=1S/C36H55N2O12PS/c1-5-7-18-48-51(42,49-19-8-6-2)25-47-29-13-15-30(16-14-29)52(43,44)38(22-26(3)4)23-33(40)32(21-27-9-11-28(39)12-10-27)37-36(41)50-34-24-46-35-31(34)17-20-45-35/h9-16,26,31-35,39-40H,5-8,17-25H2,1-4H3,(H,37,41)/t31-,32-,33+,34?,35+/m0/s1. The monoisotopic (exact) mass is 770 g/mol. The molecule has 0 radical (unpaired) electrons. The quantitative estimate of drug-likeness (QED) is 0.0990. The third kappa shape index (κ3) is 12.4. The Morgan fingerprint density at radius 2 is 1.65 bits per heavy atom. The summed E-state index contributed by atoms with van der Waals surface area (Å²) in [5.41, 5.74) is 0.695. The van der Waals surface area contributed by atoms with Crippen LogP contribution in [0.5, 0.6) is 11.5 Å². The van der Waals surface area contributed by atoms with E-state index in [4.69, 9.17) is 28.0 Å². The third-order valence-corrected chi connectivity index (χ3v) is 12.2. The zero-order chi connectivity index (χ0) is 37.7. The van der Waals surface area contributed by atoms with Gasteiger partial charge in [-0.25, -0.2) is 13.2 Å². The Kier molecular flexibility index (Phi) is 16.2. The van der Waals surface area contributed by atoms with E-state index in [0.717, 1.165) is 25.7 Å². The number of benzene rings is 2. The number of phenols is 1. The first kappa shape index (κ1) is 42.0. The molecule has 2 heterocycles. The van der Waals surface area contributed by atoms with Crippen LogP contribution in [-0.2, 0) is 44.3 Å². The van der Waals surface area contributed by atoms with Crippen LogP contribution >= 0.6 is 7.60 Å². The topological polar surface area (TPSA) is 179 Å². The molecule has 0 saturated carbocycles. The predicted octanol–water partition coefficient (Wildman–Crippen LogP) is 5.66. The molecule has 4 rings (SSSR count). The second kappa shape index (κ2) is 20.1. The predicted molar refractivity (Wildman–Crippen MR) is 194 cm³/mol. The summed E-state index contributed by atoms with van der Waals surface area (Å²) in [5.74, 6) is 0.157. The number of carbonyl (C=O) groups is 1. The number of hydrogen-bond donors (Lipinski definition) is 3. The van der Waals surface area contributed by atoms with Crippen LogP contribution in [0.4, 0.5) is 4.79 Å². The smallest absolute Gasteiger partial charge is 0.407 e. The van der Waals surface area contributed by atoms with E-state index in [1.54, 1.807) is 12.1 Å². The van der Waals surface area contributed by atoms with E-state index in [-0.39, 0.29) is 73.9 Å². The number of alkyl carbamates (subject to hydrolysis) is 1.